The van der Waals surface area contributed by atoms with Gasteiger partial charge in [0.1, 0.15) is 0 Å². The summed E-state index contributed by atoms with van der Waals surface area (Å²) in [7, 11) is 0. The second kappa shape index (κ2) is 17.4. The van der Waals surface area contributed by atoms with Gasteiger partial charge in [0.25, 0.3) is 0 Å². The minimum absolute atomic E-state index is 0.903. The molecule has 0 bridgehead atoms. The van der Waals surface area contributed by atoms with E-state index < -0.39 is 0 Å². The predicted octanol–water partition coefficient (Wildman–Crippen LogP) is 11.8. The van der Waals surface area contributed by atoms with Crippen molar-refractivity contribution in [3.8, 4) is 0 Å². The van der Waals surface area contributed by atoms with E-state index in [9.17, 15) is 5.53 Å². The molecule has 218 valence electrons. The van der Waals surface area contributed by atoms with Crippen LogP contribution in [0.4, 0.5) is 0 Å². The van der Waals surface area contributed by atoms with Gasteiger partial charge in [-0.2, -0.15) is 0 Å². The van der Waals surface area contributed by atoms with Crippen LogP contribution in [0, 0.1) is 0 Å². The average Bonchev–Trinajstić information content (AvgIpc) is 3.31. The third kappa shape index (κ3) is 9.28. The summed E-state index contributed by atoms with van der Waals surface area (Å²) >= 11 is 0. The SMILES string of the molecule is CCCCCCc1cc(CCCC)cc(C2=CC(CC)=C(c3cc(CCCC)cc(CCCCCC)c3)[N+]2=[N-])c1. The Bertz CT molecular complexity index is 1150. The van der Waals surface area contributed by atoms with Crippen LogP contribution in [-0.2, 0) is 25.7 Å². The number of rotatable bonds is 19. The van der Waals surface area contributed by atoms with Gasteiger partial charge in [-0.1, -0.05) is 98.1 Å². The third-order valence-electron chi connectivity index (χ3n) is 8.39. The molecule has 0 spiro atoms. The van der Waals surface area contributed by atoms with Gasteiger partial charge in [0.2, 0.25) is 11.4 Å². The largest absolute Gasteiger partial charge is 0.493 e. The van der Waals surface area contributed by atoms with Crippen molar-refractivity contribution in [1.82, 2.24) is 0 Å². The van der Waals surface area contributed by atoms with Crippen LogP contribution in [0.25, 0.3) is 16.9 Å². The van der Waals surface area contributed by atoms with Crippen molar-refractivity contribution in [2.24, 2.45) is 0 Å². The summed E-state index contributed by atoms with van der Waals surface area (Å²) in [6.45, 7) is 11.3. The van der Waals surface area contributed by atoms with Crippen LogP contribution in [0.1, 0.15) is 151 Å². The van der Waals surface area contributed by atoms with Crippen molar-refractivity contribution >= 4 is 11.4 Å². The molecule has 0 unspecified atom stereocenters. The monoisotopic (exact) mass is 540 g/mol. The van der Waals surface area contributed by atoms with Crippen LogP contribution in [-0.4, -0.2) is 4.70 Å². The molecular formula is C38H56N2. The van der Waals surface area contributed by atoms with Gasteiger partial charge in [-0.3, -0.25) is 0 Å². The minimum atomic E-state index is 0.903. The first kappa shape index (κ1) is 32.0. The summed E-state index contributed by atoms with van der Waals surface area (Å²) in [5.74, 6) is 0. The number of aryl methyl sites for hydroxylation is 4. The third-order valence-corrected chi connectivity index (χ3v) is 8.39. The first-order chi connectivity index (χ1) is 19.5. The Balaban J connectivity index is 1.93. The first-order valence-corrected chi connectivity index (χ1v) is 16.7. The van der Waals surface area contributed by atoms with Crippen molar-refractivity contribution in [1.29, 1.82) is 0 Å². The molecule has 0 N–H and O–H groups in total. The van der Waals surface area contributed by atoms with Gasteiger partial charge in [0.15, 0.2) is 0 Å². The molecule has 2 aromatic carbocycles. The maximum absolute atomic E-state index is 11.8. The zero-order valence-electron chi connectivity index (χ0n) is 26.5. The number of hydrogen-bond donors (Lipinski definition) is 0. The molecule has 2 aromatic rings. The van der Waals surface area contributed by atoms with E-state index in [1.165, 1.54) is 115 Å². The van der Waals surface area contributed by atoms with E-state index in [1.54, 1.807) is 0 Å². The molecule has 1 aliphatic heterocycles. The Labute approximate surface area is 246 Å². The minimum Gasteiger partial charge on any atom is -0.493 e. The van der Waals surface area contributed by atoms with E-state index in [0.29, 0.717) is 0 Å². The van der Waals surface area contributed by atoms with Gasteiger partial charge in [0.05, 0.1) is 0 Å². The molecule has 0 amide bonds. The van der Waals surface area contributed by atoms with Gasteiger partial charge in [-0.25, -0.2) is 4.70 Å². The Morgan fingerprint density at radius 2 is 0.925 bits per heavy atom. The summed E-state index contributed by atoms with van der Waals surface area (Å²) in [6, 6.07) is 14.2. The van der Waals surface area contributed by atoms with Crippen LogP contribution in [0.15, 0.2) is 48.0 Å². The van der Waals surface area contributed by atoms with Gasteiger partial charge in [0, 0.05) is 22.8 Å². The van der Waals surface area contributed by atoms with Crippen molar-refractivity contribution < 1.29 is 4.70 Å². The zero-order valence-corrected chi connectivity index (χ0v) is 26.5. The molecule has 0 saturated carbocycles. The molecule has 2 heteroatoms. The molecular weight excluding hydrogens is 484 g/mol. The lowest BCUT2D eigenvalue weighted by Crippen LogP contribution is -2.05. The number of allylic oxidation sites excluding steroid dienone is 2. The van der Waals surface area contributed by atoms with Crippen molar-refractivity contribution in [3.63, 3.8) is 0 Å². The van der Waals surface area contributed by atoms with Gasteiger partial charge < -0.3 is 5.53 Å². The average molecular weight is 541 g/mol. The topological polar surface area (TPSA) is 25.3 Å². The highest BCUT2D eigenvalue weighted by Crippen LogP contribution is 2.38. The van der Waals surface area contributed by atoms with E-state index in [1.807, 2.05) is 0 Å². The lowest BCUT2D eigenvalue weighted by atomic mass is 9.95. The van der Waals surface area contributed by atoms with E-state index in [-0.39, 0.29) is 0 Å². The van der Waals surface area contributed by atoms with Gasteiger partial charge in [-0.05, 0) is 104 Å². The fraction of sp³-hybridized carbons (Fsp3) is 0.579. The molecule has 0 saturated heterocycles. The maximum atomic E-state index is 11.8. The summed E-state index contributed by atoms with van der Waals surface area (Å²) < 4.78 is 1.51. The summed E-state index contributed by atoms with van der Waals surface area (Å²) in [5.41, 5.74) is 22.9. The lowest BCUT2D eigenvalue weighted by Gasteiger charge is -2.14. The highest BCUT2D eigenvalue weighted by Gasteiger charge is 2.29. The van der Waals surface area contributed by atoms with E-state index in [2.05, 4.69) is 77.1 Å². The fourth-order valence-corrected chi connectivity index (χ4v) is 5.99. The van der Waals surface area contributed by atoms with Crippen molar-refractivity contribution in [2.75, 3.05) is 0 Å². The van der Waals surface area contributed by atoms with Gasteiger partial charge >= 0.3 is 0 Å². The van der Waals surface area contributed by atoms with E-state index >= 15 is 0 Å². The molecule has 0 radical (unpaired) electrons. The normalized spacial score (nSPS) is 13.4. The van der Waals surface area contributed by atoms with Gasteiger partial charge in [-0.15, -0.1) is 0 Å². The van der Waals surface area contributed by atoms with Crippen molar-refractivity contribution in [2.45, 2.75) is 144 Å². The molecule has 3 rings (SSSR count). The van der Waals surface area contributed by atoms with Crippen LogP contribution < -0.4 is 0 Å². The Morgan fingerprint density at radius 3 is 1.35 bits per heavy atom. The molecule has 0 fully saturated rings. The van der Waals surface area contributed by atoms with E-state index in [4.69, 9.17) is 0 Å². The molecule has 0 aromatic heterocycles. The summed E-state index contributed by atoms with van der Waals surface area (Å²) in [4.78, 5) is 0. The summed E-state index contributed by atoms with van der Waals surface area (Å²) in [6.07, 6.45) is 22.6. The lowest BCUT2D eigenvalue weighted by molar-refractivity contribution is -0.344. The maximum Gasteiger partial charge on any atom is 0.210 e. The molecule has 0 atom stereocenters. The molecule has 40 heavy (non-hydrogen) atoms. The van der Waals surface area contributed by atoms with Crippen LogP contribution >= 0.6 is 0 Å². The highest BCUT2D eigenvalue weighted by molar-refractivity contribution is 5.79. The number of nitrogens with zero attached hydrogens (tertiary/aromatic N) is 2. The number of hydrogen-bond acceptors (Lipinski definition) is 0. The number of unbranched alkanes of at least 4 members (excludes halogenated alkanes) is 8. The van der Waals surface area contributed by atoms with Crippen LogP contribution in [0.2, 0.25) is 0 Å². The molecule has 2 nitrogen and oxygen atoms in total. The Kier molecular flexibility index (Phi) is 13.9. The molecule has 1 aliphatic rings. The first-order valence-electron chi connectivity index (χ1n) is 16.7. The Hall–Kier alpha value is -2.48. The molecule has 1 heterocycles. The second-order valence-corrected chi connectivity index (χ2v) is 12.0. The second-order valence-electron chi connectivity index (χ2n) is 12.0. The van der Waals surface area contributed by atoms with Crippen molar-refractivity contribution in [3.05, 3.63) is 87.0 Å². The quantitative estimate of drug-likeness (QED) is 0.125. The fourth-order valence-electron chi connectivity index (χ4n) is 5.99. The Morgan fingerprint density at radius 1 is 0.500 bits per heavy atom. The van der Waals surface area contributed by atoms with Crippen LogP contribution in [0.5, 0.6) is 0 Å². The molecule has 0 aliphatic carbocycles. The number of benzene rings is 2. The zero-order chi connectivity index (χ0) is 28.7. The smallest absolute Gasteiger partial charge is 0.210 e. The predicted molar refractivity (Wildman–Crippen MR) is 175 cm³/mol. The highest BCUT2D eigenvalue weighted by atomic mass is 15.2. The van der Waals surface area contributed by atoms with E-state index in [0.717, 1.165) is 49.1 Å². The summed E-state index contributed by atoms with van der Waals surface area (Å²) in [5, 5.41) is 0. The van der Waals surface area contributed by atoms with Crippen LogP contribution in [0.3, 0.4) is 0 Å². The standard InChI is InChI=1S/C38H56N2/c1-6-11-15-17-21-32-23-30(19-13-8-3)25-35(26-32)37-29-34(10-5)38(40(37)39)36-27-31(20-14-9-4)24-33(28-36)22-18-16-12-7-2/h23-29H,6-22H2,1-5H3.